The molecule has 3 amide bonds. The molecular formula is C19H25N3O3S. The van der Waals surface area contributed by atoms with Crippen LogP contribution in [0.3, 0.4) is 0 Å². The highest BCUT2D eigenvalue weighted by Crippen LogP contribution is 2.18. The first-order valence-corrected chi connectivity index (χ1v) is 10.1. The Labute approximate surface area is 158 Å². The topological polar surface area (TPSA) is 69.7 Å². The van der Waals surface area contributed by atoms with Crippen molar-refractivity contribution in [3.63, 3.8) is 0 Å². The van der Waals surface area contributed by atoms with E-state index >= 15 is 0 Å². The number of hydrogen-bond acceptors (Lipinski definition) is 4. The summed E-state index contributed by atoms with van der Waals surface area (Å²) in [6.07, 6.45) is 1.91. The molecule has 0 spiro atoms. The van der Waals surface area contributed by atoms with Gasteiger partial charge in [-0.1, -0.05) is 30.0 Å². The zero-order valence-electron chi connectivity index (χ0n) is 15.1. The lowest BCUT2D eigenvalue weighted by Gasteiger charge is -2.33. The van der Waals surface area contributed by atoms with Crippen molar-refractivity contribution in [2.45, 2.75) is 32.2 Å². The molecule has 0 bridgehead atoms. The molecule has 0 radical (unpaired) electrons. The van der Waals surface area contributed by atoms with Gasteiger partial charge in [0.05, 0.1) is 0 Å². The van der Waals surface area contributed by atoms with Gasteiger partial charge in [-0.25, -0.2) is 0 Å². The minimum Gasteiger partial charge on any atom is -0.349 e. The smallest absolute Gasteiger partial charge is 0.281 e. The standard InChI is InChI=1S/C19H25N3O3S/c1-14-4-2-3-5-16(14)18(24)20-15-6-9-21(10-7-15)17(23)8-11-22-12-13-26-19(22)25/h2-5,15H,6-13H2,1H3,(H,20,24). The first kappa shape index (κ1) is 18.8. The van der Waals surface area contributed by atoms with E-state index in [-0.39, 0.29) is 23.1 Å². The van der Waals surface area contributed by atoms with Gasteiger partial charge < -0.3 is 15.1 Å². The van der Waals surface area contributed by atoms with Crippen LogP contribution in [0.15, 0.2) is 24.3 Å². The molecule has 1 N–H and O–H groups in total. The SMILES string of the molecule is Cc1ccccc1C(=O)NC1CCN(C(=O)CCN2CCSC2=O)CC1. The molecule has 0 atom stereocenters. The Morgan fingerprint density at radius 3 is 2.58 bits per heavy atom. The largest absolute Gasteiger partial charge is 0.349 e. The molecule has 3 rings (SSSR count). The molecule has 2 saturated heterocycles. The molecule has 2 aliphatic heterocycles. The molecule has 26 heavy (non-hydrogen) atoms. The number of carbonyl (C=O) groups is 3. The van der Waals surface area contributed by atoms with Gasteiger partial charge in [0.1, 0.15) is 0 Å². The van der Waals surface area contributed by atoms with Gasteiger partial charge in [-0.2, -0.15) is 0 Å². The molecule has 1 aromatic rings. The fraction of sp³-hybridized carbons (Fsp3) is 0.526. The monoisotopic (exact) mass is 375 g/mol. The minimum atomic E-state index is -0.0436. The van der Waals surface area contributed by atoms with Crippen molar-refractivity contribution < 1.29 is 14.4 Å². The lowest BCUT2D eigenvalue weighted by Crippen LogP contribution is -2.47. The van der Waals surface area contributed by atoms with Gasteiger partial charge in [-0.3, -0.25) is 14.4 Å². The van der Waals surface area contributed by atoms with Crippen molar-refractivity contribution in [2.24, 2.45) is 0 Å². The molecule has 0 aliphatic carbocycles. The summed E-state index contributed by atoms with van der Waals surface area (Å²) in [5, 5.41) is 3.16. The van der Waals surface area contributed by atoms with Gasteiger partial charge in [0, 0.05) is 50.0 Å². The van der Waals surface area contributed by atoms with E-state index in [1.165, 1.54) is 11.8 Å². The van der Waals surface area contributed by atoms with Crippen molar-refractivity contribution in [1.29, 1.82) is 0 Å². The second kappa shape index (κ2) is 8.58. The van der Waals surface area contributed by atoms with Crippen LogP contribution < -0.4 is 5.32 Å². The van der Waals surface area contributed by atoms with Crippen LogP contribution >= 0.6 is 11.8 Å². The second-order valence-corrected chi connectivity index (χ2v) is 7.84. The Morgan fingerprint density at radius 1 is 1.19 bits per heavy atom. The Kier molecular flexibility index (Phi) is 6.19. The van der Waals surface area contributed by atoms with Crippen LogP contribution in [-0.4, -0.2) is 64.8 Å². The first-order valence-electron chi connectivity index (χ1n) is 9.10. The molecule has 0 saturated carbocycles. The van der Waals surface area contributed by atoms with E-state index in [4.69, 9.17) is 0 Å². The second-order valence-electron chi connectivity index (χ2n) is 6.79. The molecule has 0 unspecified atom stereocenters. The zero-order valence-corrected chi connectivity index (χ0v) is 15.9. The number of rotatable bonds is 5. The van der Waals surface area contributed by atoms with Gasteiger partial charge >= 0.3 is 0 Å². The lowest BCUT2D eigenvalue weighted by atomic mass is 10.0. The maximum Gasteiger partial charge on any atom is 0.281 e. The normalized spacial score (nSPS) is 18.3. The number of piperidine rings is 1. The number of likely N-dealkylation sites (tertiary alicyclic amines) is 1. The van der Waals surface area contributed by atoms with E-state index in [0.29, 0.717) is 31.6 Å². The van der Waals surface area contributed by atoms with E-state index < -0.39 is 0 Å². The average Bonchev–Trinajstić information content (AvgIpc) is 3.05. The highest BCUT2D eigenvalue weighted by molar-refractivity contribution is 8.13. The molecule has 7 heteroatoms. The predicted molar refractivity (Wildman–Crippen MR) is 102 cm³/mol. The predicted octanol–water partition coefficient (Wildman–Crippen LogP) is 2.27. The Balaban J connectivity index is 1.42. The van der Waals surface area contributed by atoms with Crippen LogP contribution in [0, 0.1) is 6.92 Å². The summed E-state index contributed by atoms with van der Waals surface area (Å²) < 4.78 is 0. The maximum atomic E-state index is 12.4. The van der Waals surface area contributed by atoms with Gasteiger partial charge in [0.2, 0.25) is 5.91 Å². The number of hydrogen-bond donors (Lipinski definition) is 1. The summed E-state index contributed by atoms with van der Waals surface area (Å²) in [6.45, 7) is 4.48. The number of benzene rings is 1. The quantitative estimate of drug-likeness (QED) is 0.857. The van der Waals surface area contributed by atoms with Crippen molar-refractivity contribution in [1.82, 2.24) is 15.1 Å². The average molecular weight is 375 g/mol. The summed E-state index contributed by atoms with van der Waals surface area (Å²) in [5.41, 5.74) is 1.67. The summed E-state index contributed by atoms with van der Waals surface area (Å²) in [6, 6.07) is 7.65. The Bertz CT molecular complexity index is 686. The number of amides is 3. The maximum absolute atomic E-state index is 12.4. The van der Waals surface area contributed by atoms with Crippen molar-refractivity contribution >= 4 is 28.8 Å². The fourth-order valence-electron chi connectivity index (χ4n) is 3.38. The summed E-state index contributed by atoms with van der Waals surface area (Å²) >= 11 is 1.32. The molecule has 0 aromatic heterocycles. The van der Waals surface area contributed by atoms with Crippen LogP contribution in [-0.2, 0) is 4.79 Å². The summed E-state index contributed by atoms with van der Waals surface area (Å²) in [5.74, 6) is 0.871. The van der Waals surface area contributed by atoms with Crippen LogP contribution in [0.5, 0.6) is 0 Å². The van der Waals surface area contributed by atoms with E-state index in [2.05, 4.69) is 5.32 Å². The lowest BCUT2D eigenvalue weighted by molar-refractivity contribution is -0.132. The number of nitrogens with one attached hydrogen (secondary N) is 1. The third kappa shape index (κ3) is 4.58. The molecule has 1 aromatic carbocycles. The molecular weight excluding hydrogens is 350 g/mol. The molecule has 6 nitrogen and oxygen atoms in total. The molecule has 2 heterocycles. The van der Waals surface area contributed by atoms with Crippen LogP contribution in [0.4, 0.5) is 4.79 Å². The third-order valence-corrected chi connectivity index (χ3v) is 5.90. The van der Waals surface area contributed by atoms with Crippen LogP contribution in [0.25, 0.3) is 0 Å². The van der Waals surface area contributed by atoms with Gasteiger partial charge in [0.15, 0.2) is 0 Å². The Hall–Kier alpha value is -2.02. The van der Waals surface area contributed by atoms with Gasteiger partial charge in [0.25, 0.3) is 11.1 Å². The molecule has 2 aliphatic rings. The highest BCUT2D eigenvalue weighted by Gasteiger charge is 2.26. The highest BCUT2D eigenvalue weighted by atomic mass is 32.2. The van der Waals surface area contributed by atoms with E-state index in [1.807, 2.05) is 36.1 Å². The summed E-state index contributed by atoms with van der Waals surface area (Å²) in [4.78, 5) is 39.9. The van der Waals surface area contributed by atoms with E-state index in [0.717, 1.165) is 30.7 Å². The summed E-state index contributed by atoms with van der Waals surface area (Å²) in [7, 11) is 0. The minimum absolute atomic E-state index is 0.0436. The number of nitrogens with zero attached hydrogens (tertiary/aromatic N) is 2. The molecule has 140 valence electrons. The fourth-order valence-corrected chi connectivity index (χ4v) is 4.23. The Morgan fingerprint density at radius 2 is 1.92 bits per heavy atom. The van der Waals surface area contributed by atoms with Crippen molar-refractivity contribution in [2.75, 3.05) is 31.9 Å². The van der Waals surface area contributed by atoms with E-state index in [9.17, 15) is 14.4 Å². The van der Waals surface area contributed by atoms with Crippen LogP contribution in [0.2, 0.25) is 0 Å². The first-order chi connectivity index (χ1) is 12.5. The van der Waals surface area contributed by atoms with Crippen LogP contribution in [0.1, 0.15) is 35.2 Å². The van der Waals surface area contributed by atoms with Crippen molar-refractivity contribution in [3.05, 3.63) is 35.4 Å². The number of aryl methyl sites for hydroxylation is 1. The number of carbonyl (C=O) groups excluding carboxylic acids is 3. The van der Waals surface area contributed by atoms with E-state index in [1.54, 1.807) is 4.90 Å². The van der Waals surface area contributed by atoms with Crippen molar-refractivity contribution in [3.8, 4) is 0 Å². The number of thioether (sulfide) groups is 1. The van der Waals surface area contributed by atoms with Gasteiger partial charge in [-0.05, 0) is 31.4 Å². The molecule has 2 fully saturated rings. The third-order valence-electron chi connectivity index (χ3n) is 5.01. The van der Waals surface area contributed by atoms with Gasteiger partial charge in [-0.15, -0.1) is 0 Å². The zero-order chi connectivity index (χ0) is 18.5.